The minimum absolute atomic E-state index is 0.579. The van der Waals surface area contributed by atoms with Crippen LogP contribution in [-0.2, 0) is 0 Å². The average Bonchev–Trinajstić information content (AvgIpc) is 3.82. The van der Waals surface area contributed by atoms with Crippen molar-refractivity contribution in [3.05, 3.63) is 283 Å². The number of nitriles is 2. The first-order valence-corrected chi connectivity index (χ1v) is 25.0. The summed E-state index contributed by atoms with van der Waals surface area (Å²) in [7, 11) is 0. The molecule has 0 saturated carbocycles. The molecule has 0 saturated heterocycles. The highest BCUT2D eigenvalue weighted by atomic mass is 15.2. The van der Waals surface area contributed by atoms with Crippen molar-refractivity contribution in [2.24, 2.45) is 0 Å². The molecule has 1 aromatic heterocycles. The maximum Gasteiger partial charge on any atom is 0.187 e. The van der Waals surface area contributed by atoms with E-state index < -0.39 is 0 Å². The van der Waals surface area contributed by atoms with Crippen LogP contribution in [0.3, 0.4) is 0 Å². The van der Waals surface area contributed by atoms with E-state index in [-0.39, 0.29) is 0 Å². The molecule has 0 fully saturated rings. The van der Waals surface area contributed by atoms with Crippen LogP contribution < -0.4 is 14.7 Å². The van der Waals surface area contributed by atoms with Crippen LogP contribution in [-0.4, -0.2) is 4.57 Å². The van der Waals surface area contributed by atoms with Gasteiger partial charge in [0.15, 0.2) is 5.69 Å². The van der Waals surface area contributed by atoms with Crippen molar-refractivity contribution in [3.8, 4) is 17.8 Å². The van der Waals surface area contributed by atoms with E-state index in [1.54, 1.807) is 0 Å². The van der Waals surface area contributed by atoms with Crippen LogP contribution in [0.25, 0.3) is 64.7 Å². The van der Waals surface area contributed by atoms with E-state index in [4.69, 9.17) is 6.57 Å². The Morgan fingerprint density at radius 2 is 0.618 bits per heavy atom. The lowest BCUT2D eigenvalue weighted by atomic mass is 10.1. The normalized spacial score (nSPS) is 11.1. The fraction of sp³-hybridized carbons (Fsp3) is 0. The van der Waals surface area contributed by atoms with Gasteiger partial charge in [0.25, 0.3) is 0 Å². The minimum Gasteiger partial charge on any atom is -0.311 e. The molecule has 0 aliphatic rings. The molecular weight excluding hydrogens is 927 g/mol. The Labute approximate surface area is 439 Å². The topological polar surface area (TPSA) is 66.6 Å². The standard InChI is InChI=1S/C69H43N7/c1-72-55-21-30-58(31-22-55)75(63-29-20-51-10-4-7-13-54(51)42-63)65-37-39-69-67(44-65)66-43-64(74(57-25-16-48(46-71)17-26-57)62-28-19-50-9-3-6-12-53(50)41-62)36-38-68(66)76(69)60-34-32-59(33-35-60)73(56-23-14-47(45-70)15-24-56)61-27-18-49-8-2-5-11-52(49)40-61/h2-44H. The van der Waals surface area contributed by atoms with E-state index in [2.05, 4.69) is 224 Å². The third-order valence-electron chi connectivity index (χ3n) is 14.3. The molecule has 354 valence electrons. The molecule has 0 radical (unpaired) electrons. The Bertz CT molecular complexity index is 4300. The van der Waals surface area contributed by atoms with Gasteiger partial charge in [-0.3, -0.25) is 0 Å². The molecule has 7 nitrogen and oxygen atoms in total. The summed E-state index contributed by atoms with van der Waals surface area (Å²) in [5, 5.41) is 28.5. The summed E-state index contributed by atoms with van der Waals surface area (Å²) in [4.78, 5) is 10.5. The Balaban J connectivity index is 1.02. The minimum atomic E-state index is 0.579. The summed E-state index contributed by atoms with van der Waals surface area (Å²) in [5.74, 6) is 0. The van der Waals surface area contributed by atoms with E-state index in [9.17, 15) is 10.5 Å². The summed E-state index contributed by atoms with van der Waals surface area (Å²) < 4.78 is 2.34. The number of rotatable bonds is 10. The van der Waals surface area contributed by atoms with Crippen molar-refractivity contribution >= 4 is 111 Å². The summed E-state index contributed by atoms with van der Waals surface area (Å²) >= 11 is 0. The second-order valence-electron chi connectivity index (χ2n) is 18.8. The molecule has 0 unspecified atom stereocenters. The van der Waals surface area contributed by atoms with Gasteiger partial charge in [-0.15, -0.1) is 0 Å². The molecular formula is C69H43N7. The van der Waals surface area contributed by atoms with Gasteiger partial charge in [-0.2, -0.15) is 10.5 Å². The summed E-state index contributed by atoms with van der Waals surface area (Å²) in [5.41, 5.74) is 13.5. The lowest BCUT2D eigenvalue weighted by Crippen LogP contribution is -2.10. The van der Waals surface area contributed by atoms with Crippen LogP contribution in [0.4, 0.5) is 56.9 Å². The molecule has 0 aliphatic carbocycles. The number of fused-ring (bicyclic) bond motifs is 6. The maximum atomic E-state index is 9.82. The molecule has 12 aromatic carbocycles. The zero-order valence-corrected chi connectivity index (χ0v) is 41.0. The van der Waals surface area contributed by atoms with Crippen molar-refractivity contribution < 1.29 is 0 Å². The average molecular weight is 970 g/mol. The van der Waals surface area contributed by atoms with E-state index in [1.807, 2.05) is 72.8 Å². The van der Waals surface area contributed by atoms with Gasteiger partial charge in [0.05, 0.1) is 40.9 Å². The van der Waals surface area contributed by atoms with Gasteiger partial charge in [0, 0.05) is 67.6 Å². The zero-order valence-electron chi connectivity index (χ0n) is 41.0. The van der Waals surface area contributed by atoms with Crippen LogP contribution in [0.1, 0.15) is 11.1 Å². The van der Waals surface area contributed by atoms with Gasteiger partial charge in [-0.25, -0.2) is 4.85 Å². The van der Waals surface area contributed by atoms with E-state index >= 15 is 0 Å². The molecule has 0 bridgehead atoms. The van der Waals surface area contributed by atoms with Crippen molar-refractivity contribution in [1.82, 2.24) is 4.57 Å². The SMILES string of the molecule is [C-]#[N+]c1ccc(N(c2ccc3ccccc3c2)c2ccc3c(c2)c2cc(N(c4ccc(C#N)cc4)c4ccc5ccccc5c4)ccc2n3-c2ccc(N(c3ccc(C#N)cc3)c3ccc4ccccc4c3)cc2)cc1. The first-order chi connectivity index (χ1) is 37.5. The monoisotopic (exact) mass is 969 g/mol. The molecule has 7 heteroatoms. The third-order valence-corrected chi connectivity index (χ3v) is 14.3. The predicted octanol–water partition coefficient (Wildman–Crippen LogP) is 18.9. The molecule has 13 aromatic rings. The maximum absolute atomic E-state index is 9.82. The quantitative estimate of drug-likeness (QED) is 0.128. The molecule has 0 atom stereocenters. The number of aromatic nitrogens is 1. The van der Waals surface area contributed by atoms with Gasteiger partial charge in [-0.1, -0.05) is 103 Å². The summed E-state index contributed by atoms with van der Waals surface area (Å²) in [6.07, 6.45) is 0. The number of anilines is 9. The van der Waals surface area contributed by atoms with E-state index in [0.717, 1.165) is 111 Å². The predicted molar refractivity (Wildman–Crippen MR) is 313 cm³/mol. The van der Waals surface area contributed by atoms with Crippen molar-refractivity contribution in [2.45, 2.75) is 0 Å². The zero-order chi connectivity index (χ0) is 51.1. The molecule has 76 heavy (non-hydrogen) atoms. The van der Waals surface area contributed by atoms with E-state index in [1.165, 1.54) is 0 Å². The van der Waals surface area contributed by atoms with Crippen LogP contribution in [0.5, 0.6) is 0 Å². The van der Waals surface area contributed by atoms with Crippen LogP contribution in [0.15, 0.2) is 261 Å². The molecule has 13 rings (SSSR count). The number of benzene rings is 12. The smallest absolute Gasteiger partial charge is 0.187 e. The Morgan fingerprint density at radius 3 is 0.987 bits per heavy atom. The molecule has 0 aliphatic heterocycles. The Hall–Kier alpha value is -10.9. The largest absolute Gasteiger partial charge is 0.311 e. The highest BCUT2D eigenvalue weighted by Gasteiger charge is 2.22. The van der Waals surface area contributed by atoms with Crippen LogP contribution in [0.2, 0.25) is 0 Å². The van der Waals surface area contributed by atoms with Gasteiger partial charge in [-0.05, 0) is 190 Å². The summed E-state index contributed by atoms with van der Waals surface area (Å²) in [6, 6.07) is 94.8. The lowest BCUT2D eigenvalue weighted by molar-refractivity contribution is 1.17. The van der Waals surface area contributed by atoms with Crippen LogP contribution in [0, 0.1) is 29.2 Å². The van der Waals surface area contributed by atoms with Gasteiger partial charge in [0.2, 0.25) is 0 Å². The number of hydrogen-bond donors (Lipinski definition) is 0. The van der Waals surface area contributed by atoms with E-state index in [0.29, 0.717) is 16.8 Å². The summed E-state index contributed by atoms with van der Waals surface area (Å²) in [6.45, 7) is 7.72. The fourth-order valence-electron chi connectivity index (χ4n) is 10.6. The van der Waals surface area contributed by atoms with Crippen molar-refractivity contribution in [2.75, 3.05) is 14.7 Å². The van der Waals surface area contributed by atoms with Crippen molar-refractivity contribution in [1.29, 1.82) is 10.5 Å². The van der Waals surface area contributed by atoms with Crippen molar-refractivity contribution in [3.63, 3.8) is 0 Å². The first kappa shape index (κ1) is 45.0. The molecule has 0 amide bonds. The second kappa shape index (κ2) is 18.9. The highest BCUT2D eigenvalue weighted by Crippen LogP contribution is 2.45. The second-order valence-corrected chi connectivity index (χ2v) is 18.8. The first-order valence-electron chi connectivity index (χ1n) is 25.0. The van der Waals surface area contributed by atoms with Crippen LogP contribution >= 0.6 is 0 Å². The van der Waals surface area contributed by atoms with Gasteiger partial charge < -0.3 is 19.3 Å². The fourth-order valence-corrected chi connectivity index (χ4v) is 10.6. The number of hydrogen-bond acceptors (Lipinski definition) is 5. The number of nitrogens with zero attached hydrogens (tertiary/aromatic N) is 7. The van der Waals surface area contributed by atoms with Gasteiger partial charge in [0.1, 0.15) is 0 Å². The third kappa shape index (κ3) is 8.12. The molecule has 0 spiro atoms. The molecule has 1 heterocycles. The Morgan fingerprint density at radius 1 is 0.316 bits per heavy atom. The lowest BCUT2D eigenvalue weighted by Gasteiger charge is -2.26. The van der Waals surface area contributed by atoms with Gasteiger partial charge >= 0.3 is 0 Å². The molecule has 0 N–H and O–H groups in total. The Kier molecular flexibility index (Phi) is 11.2. The highest BCUT2D eigenvalue weighted by molar-refractivity contribution is 6.12.